The summed E-state index contributed by atoms with van der Waals surface area (Å²) in [7, 11) is 1.66. The summed E-state index contributed by atoms with van der Waals surface area (Å²) in [5.41, 5.74) is 1.13. The Kier molecular flexibility index (Phi) is 5.30. The number of aromatic nitrogens is 3. The van der Waals surface area contributed by atoms with Crippen LogP contribution in [0.25, 0.3) is 0 Å². The number of benzene rings is 1. The molecule has 2 heterocycles. The molecule has 0 bridgehead atoms. The standard InChI is InChI=1S/C17H23N5O2/c1-24-15-6-2-5-14(11-15)16-7-3-10-22(16)17(23)19-8-4-9-21-13-18-12-20-21/h2,5-6,11-13,16H,3-4,7-10H2,1H3,(H,19,23)/t16-/m0/s1. The molecule has 1 aromatic heterocycles. The number of carbonyl (C=O) groups excluding carboxylic acids is 1. The van der Waals surface area contributed by atoms with E-state index in [-0.39, 0.29) is 12.1 Å². The lowest BCUT2D eigenvalue weighted by atomic mass is 10.0. The molecule has 0 radical (unpaired) electrons. The van der Waals surface area contributed by atoms with E-state index in [9.17, 15) is 4.79 Å². The number of nitrogens with zero attached hydrogens (tertiary/aromatic N) is 4. The molecule has 128 valence electrons. The summed E-state index contributed by atoms with van der Waals surface area (Å²) in [5, 5.41) is 7.06. The third-order valence-electron chi connectivity index (χ3n) is 4.30. The van der Waals surface area contributed by atoms with Crippen LogP contribution in [0.4, 0.5) is 4.79 Å². The van der Waals surface area contributed by atoms with Gasteiger partial charge in [0.1, 0.15) is 18.4 Å². The molecule has 0 unspecified atom stereocenters. The van der Waals surface area contributed by atoms with Crippen molar-refractivity contribution in [1.29, 1.82) is 0 Å². The highest BCUT2D eigenvalue weighted by atomic mass is 16.5. The summed E-state index contributed by atoms with van der Waals surface area (Å²) >= 11 is 0. The van der Waals surface area contributed by atoms with E-state index in [1.54, 1.807) is 18.1 Å². The second-order valence-corrected chi connectivity index (χ2v) is 5.87. The number of ether oxygens (including phenoxy) is 1. The minimum absolute atomic E-state index is 0.00101. The molecule has 1 saturated heterocycles. The third-order valence-corrected chi connectivity index (χ3v) is 4.30. The minimum Gasteiger partial charge on any atom is -0.497 e. The second-order valence-electron chi connectivity index (χ2n) is 5.87. The predicted octanol–water partition coefficient (Wildman–Crippen LogP) is 2.22. The van der Waals surface area contributed by atoms with E-state index in [0.717, 1.165) is 43.7 Å². The molecule has 0 aliphatic carbocycles. The Balaban J connectivity index is 1.53. The topological polar surface area (TPSA) is 72.3 Å². The second kappa shape index (κ2) is 7.81. The fourth-order valence-electron chi connectivity index (χ4n) is 3.09. The summed E-state index contributed by atoms with van der Waals surface area (Å²) in [6.07, 6.45) is 6.03. The van der Waals surface area contributed by atoms with Crippen molar-refractivity contribution in [2.24, 2.45) is 0 Å². The molecule has 0 saturated carbocycles. The molecule has 1 aromatic carbocycles. The highest BCUT2D eigenvalue weighted by Gasteiger charge is 2.29. The molecule has 7 heteroatoms. The van der Waals surface area contributed by atoms with Gasteiger partial charge in [0, 0.05) is 19.6 Å². The maximum absolute atomic E-state index is 12.5. The minimum atomic E-state index is -0.00101. The van der Waals surface area contributed by atoms with Crippen molar-refractivity contribution in [1.82, 2.24) is 25.0 Å². The van der Waals surface area contributed by atoms with Crippen molar-refractivity contribution in [2.75, 3.05) is 20.2 Å². The van der Waals surface area contributed by atoms with E-state index in [0.29, 0.717) is 6.54 Å². The highest BCUT2D eigenvalue weighted by Crippen LogP contribution is 2.33. The Morgan fingerprint density at radius 3 is 3.17 bits per heavy atom. The van der Waals surface area contributed by atoms with Crippen LogP contribution in [0.3, 0.4) is 0 Å². The number of urea groups is 1. The van der Waals surface area contributed by atoms with Gasteiger partial charge in [0.15, 0.2) is 0 Å². The zero-order valence-electron chi connectivity index (χ0n) is 13.9. The van der Waals surface area contributed by atoms with Crippen LogP contribution in [0, 0.1) is 0 Å². The van der Waals surface area contributed by atoms with Gasteiger partial charge < -0.3 is 15.0 Å². The summed E-state index contributed by atoms with van der Waals surface area (Å²) < 4.78 is 7.06. The molecule has 1 fully saturated rings. The van der Waals surface area contributed by atoms with E-state index < -0.39 is 0 Å². The van der Waals surface area contributed by atoms with Crippen LogP contribution >= 0.6 is 0 Å². The first-order valence-corrected chi connectivity index (χ1v) is 8.29. The van der Waals surface area contributed by atoms with Gasteiger partial charge in [-0.05, 0) is 37.0 Å². The maximum Gasteiger partial charge on any atom is 0.317 e. The number of methoxy groups -OCH3 is 1. The third kappa shape index (κ3) is 3.84. The van der Waals surface area contributed by atoms with Crippen LogP contribution in [0.5, 0.6) is 5.75 Å². The Hall–Kier alpha value is -2.57. The van der Waals surface area contributed by atoms with Gasteiger partial charge in [0.25, 0.3) is 0 Å². The van der Waals surface area contributed by atoms with E-state index in [1.807, 2.05) is 23.1 Å². The molecular weight excluding hydrogens is 306 g/mol. The lowest BCUT2D eigenvalue weighted by Gasteiger charge is -2.25. The summed E-state index contributed by atoms with van der Waals surface area (Å²) in [6.45, 7) is 2.16. The average Bonchev–Trinajstić information content (AvgIpc) is 3.30. The molecule has 1 atom stereocenters. The van der Waals surface area contributed by atoms with Crippen LogP contribution in [0.1, 0.15) is 30.9 Å². The zero-order chi connectivity index (χ0) is 16.8. The summed E-state index contributed by atoms with van der Waals surface area (Å²) in [5.74, 6) is 0.826. The normalized spacial score (nSPS) is 17.0. The first-order chi connectivity index (χ1) is 11.8. The van der Waals surface area contributed by atoms with Gasteiger partial charge in [-0.1, -0.05) is 12.1 Å². The van der Waals surface area contributed by atoms with Gasteiger partial charge >= 0.3 is 6.03 Å². The van der Waals surface area contributed by atoms with Gasteiger partial charge in [0.05, 0.1) is 13.2 Å². The fourth-order valence-corrected chi connectivity index (χ4v) is 3.09. The molecule has 3 rings (SSSR count). The number of hydrogen-bond acceptors (Lipinski definition) is 4. The van der Waals surface area contributed by atoms with E-state index >= 15 is 0 Å². The number of likely N-dealkylation sites (tertiary alicyclic amines) is 1. The Morgan fingerprint density at radius 1 is 1.46 bits per heavy atom. The quantitative estimate of drug-likeness (QED) is 0.825. The lowest BCUT2D eigenvalue weighted by Crippen LogP contribution is -2.40. The van der Waals surface area contributed by atoms with Gasteiger partial charge in [-0.25, -0.2) is 9.78 Å². The van der Waals surface area contributed by atoms with Crippen LogP contribution in [0.15, 0.2) is 36.9 Å². The smallest absolute Gasteiger partial charge is 0.317 e. The van der Waals surface area contributed by atoms with E-state index in [4.69, 9.17) is 4.74 Å². The number of amides is 2. The van der Waals surface area contributed by atoms with Crippen molar-refractivity contribution < 1.29 is 9.53 Å². The number of carbonyl (C=O) groups is 1. The monoisotopic (exact) mass is 329 g/mol. The van der Waals surface area contributed by atoms with Crippen molar-refractivity contribution in [3.63, 3.8) is 0 Å². The van der Waals surface area contributed by atoms with Crippen LogP contribution in [-0.4, -0.2) is 45.9 Å². The SMILES string of the molecule is COc1cccc([C@@H]2CCCN2C(=O)NCCCn2cncn2)c1. The zero-order valence-corrected chi connectivity index (χ0v) is 13.9. The number of nitrogens with one attached hydrogen (secondary N) is 1. The Bertz CT molecular complexity index is 659. The van der Waals surface area contributed by atoms with Crippen LogP contribution < -0.4 is 10.1 Å². The van der Waals surface area contributed by atoms with Crippen molar-refractivity contribution in [3.05, 3.63) is 42.5 Å². The first kappa shape index (κ1) is 16.3. The fraction of sp³-hybridized carbons (Fsp3) is 0.471. The molecule has 1 aliphatic heterocycles. The maximum atomic E-state index is 12.5. The molecule has 2 amide bonds. The molecule has 0 spiro atoms. The van der Waals surface area contributed by atoms with Gasteiger partial charge in [-0.15, -0.1) is 0 Å². The molecule has 1 N–H and O–H groups in total. The number of rotatable bonds is 6. The summed E-state index contributed by atoms with van der Waals surface area (Å²) in [4.78, 5) is 18.3. The average molecular weight is 329 g/mol. The van der Waals surface area contributed by atoms with Crippen molar-refractivity contribution >= 4 is 6.03 Å². The largest absolute Gasteiger partial charge is 0.497 e. The first-order valence-electron chi connectivity index (χ1n) is 8.29. The summed E-state index contributed by atoms with van der Waals surface area (Å²) in [6, 6.07) is 8.09. The van der Waals surface area contributed by atoms with E-state index in [2.05, 4.69) is 21.5 Å². The predicted molar refractivity (Wildman–Crippen MR) is 89.7 cm³/mol. The van der Waals surface area contributed by atoms with Crippen molar-refractivity contribution in [3.8, 4) is 5.75 Å². The van der Waals surface area contributed by atoms with Crippen LogP contribution in [0.2, 0.25) is 0 Å². The van der Waals surface area contributed by atoms with E-state index in [1.165, 1.54) is 6.33 Å². The van der Waals surface area contributed by atoms with Gasteiger partial charge in [-0.3, -0.25) is 4.68 Å². The van der Waals surface area contributed by atoms with Crippen LogP contribution in [-0.2, 0) is 6.54 Å². The molecule has 7 nitrogen and oxygen atoms in total. The molecule has 2 aromatic rings. The van der Waals surface area contributed by atoms with Gasteiger partial charge in [0.2, 0.25) is 0 Å². The highest BCUT2D eigenvalue weighted by molar-refractivity contribution is 5.75. The molecular formula is C17H23N5O2. The number of hydrogen-bond donors (Lipinski definition) is 1. The lowest BCUT2D eigenvalue weighted by molar-refractivity contribution is 0.192. The molecule has 24 heavy (non-hydrogen) atoms. The van der Waals surface area contributed by atoms with Crippen molar-refractivity contribution in [2.45, 2.75) is 31.8 Å². The van der Waals surface area contributed by atoms with Gasteiger partial charge in [-0.2, -0.15) is 5.10 Å². The number of aryl methyl sites for hydroxylation is 1. The molecule has 1 aliphatic rings. The Labute approximate surface area is 141 Å². The Morgan fingerprint density at radius 2 is 2.38 bits per heavy atom.